The van der Waals surface area contributed by atoms with Crippen LogP contribution in [0.4, 0.5) is 0 Å². The normalized spacial score (nSPS) is 22.0. The van der Waals surface area contributed by atoms with Crippen molar-refractivity contribution in [1.82, 2.24) is 10.2 Å². The maximum atomic E-state index is 5.32. The first-order valence-corrected chi connectivity index (χ1v) is 8.82. The molecule has 2 fully saturated rings. The number of hydrogen-bond donors (Lipinski definition) is 1. The Bertz CT molecular complexity index is 470. The van der Waals surface area contributed by atoms with Crippen LogP contribution in [0, 0.1) is 5.92 Å². The molecule has 1 saturated carbocycles. The molecule has 116 valence electrons. The summed E-state index contributed by atoms with van der Waals surface area (Å²) in [7, 11) is 1.71. The largest absolute Gasteiger partial charge is 0.496 e. The van der Waals surface area contributed by atoms with Crippen molar-refractivity contribution < 1.29 is 4.74 Å². The lowest BCUT2D eigenvalue weighted by Crippen LogP contribution is -2.38. The van der Waals surface area contributed by atoms with Crippen molar-refractivity contribution in [3.05, 3.63) is 28.2 Å². The molecule has 3 nitrogen and oxygen atoms in total. The standard InChI is InChI=1S/C17H25BrN2O/c1-21-17-7-6-14(9-16(17)18)11-20(10-13-4-5-13)12-15-3-2-8-19-15/h6-7,9,13,15,19H,2-5,8,10-12H2,1H3. The lowest BCUT2D eigenvalue weighted by molar-refractivity contribution is 0.231. The van der Waals surface area contributed by atoms with Gasteiger partial charge in [0.2, 0.25) is 0 Å². The van der Waals surface area contributed by atoms with Crippen LogP contribution in [0.5, 0.6) is 5.75 Å². The predicted molar refractivity (Wildman–Crippen MR) is 89.7 cm³/mol. The molecule has 0 amide bonds. The zero-order valence-electron chi connectivity index (χ0n) is 12.8. The highest BCUT2D eigenvalue weighted by molar-refractivity contribution is 9.10. The molecule has 21 heavy (non-hydrogen) atoms. The number of rotatable bonds is 7. The first kappa shape index (κ1) is 15.3. The highest BCUT2D eigenvalue weighted by Crippen LogP contribution is 2.31. The van der Waals surface area contributed by atoms with Crippen LogP contribution in [0.2, 0.25) is 0 Å². The molecule has 1 saturated heterocycles. The van der Waals surface area contributed by atoms with Gasteiger partial charge in [-0.15, -0.1) is 0 Å². The van der Waals surface area contributed by atoms with Crippen LogP contribution >= 0.6 is 15.9 Å². The number of ether oxygens (including phenoxy) is 1. The topological polar surface area (TPSA) is 24.5 Å². The second kappa shape index (κ2) is 7.12. The van der Waals surface area contributed by atoms with Crippen molar-refractivity contribution in [3.8, 4) is 5.75 Å². The van der Waals surface area contributed by atoms with Crippen molar-refractivity contribution >= 4 is 15.9 Å². The van der Waals surface area contributed by atoms with Gasteiger partial charge in [-0.2, -0.15) is 0 Å². The Kier molecular flexibility index (Phi) is 5.19. The lowest BCUT2D eigenvalue weighted by atomic mass is 10.1. The van der Waals surface area contributed by atoms with Crippen molar-refractivity contribution in [2.24, 2.45) is 5.92 Å². The van der Waals surface area contributed by atoms with E-state index < -0.39 is 0 Å². The Balaban J connectivity index is 1.63. The minimum Gasteiger partial charge on any atom is -0.496 e. The third kappa shape index (κ3) is 4.44. The Labute approximate surface area is 136 Å². The van der Waals surface area contributed by atoms with Gasteiger partial charge >= 0.3 is 0 Å². The van der Waals surface area contributed by atoms with Gasteiger partial charge in [-0.25, -0.2) is 0 Å². The summed E-state index contributed by atoms with van der Waals surface area (Å²) in [6.45, 7) is 4.66. The molecule has 1 aromatic carbocycles. The molecule has 0 bridgehead atoms. The molecular weight excluding hydrogens is 328 g/mol. The van der Waals surface area contributed by atoms with Gasteiger partial charge in [0.15, 0.2) is 0 Å². The van der Waals surface area contributed by atoms with Crippen LogP contribution < -0.4 is 10.1 Å². The summed E-state index contributed by atoms with van der Waals surface area (Å²) >= 11 is 3.59. The van der Waals surface area contributed by atoms with E-state index in [0.717, 1.165) is 22.7 Å². The molecule has 1 aliphatic carbocycles. The van der Waals surface area contributed by atoms with E-state index in [2.05, 4.69) is 44.3 Å². The smallest absolute Gasteiger partial charge is 0.133 e. The van der Waals surface area contributed by atoms with Crippen LogP contribution in [0.3, 0.4) is 0 Å². The fourth-order valence-corrected chi connectivity index (χ4v) is 3.75. The number of nitrogens with one attached hydrogen (secondary N) is 1. The molecule has 0 spiro atoms. The molecule has 0 radical (unpaired) electrons. The second-order valence-electron chi connectivity index (χ2n) is 6.40. The van der Waals surface area contributed by atoms with Crippen LogP contribution in [0.25, 0.3) is 0 Å². The average molecular weight is 353 g/mol. The van der Waals surface area contributed by atoms with Gasteiger partial charge in [0.1, 0.15) is 5.75 Å². The number of methoxy groups -OCH3 is 1. The summed E-state index contributed by atoms with van der Waals surface area (Å²) < 4.78 is 6.37. The van der Waals surface area contributed by atoms with E-state index in [1.165, 1.54) is 50.9 Å². The second-order valence-corrected chi connectivity index (χ2v) is 7.25. The van der Waals surface area contributed by atoms with E-state index in [0.29, 0.717) is 6.04 Å². The molecule has 1 aromatic rings. The number of benzene rings is 1. The van der Waals surface area contributed by atoms with Crippen molar-refractivity contribution in [2.45, 2.75) is 38.3 Å². The van der Waals surface area contributed by atoms with Crippen LogP contribution in [-0.2, 0) is 6.54 Å². The van der Waals surface area contributed by atoms with Crippen molar-refractivity contribution in [1.29, 1.82) is 0 Å². The summed E-state index contributed by atoms with van der Waals surface area (Å²) in [5.41, 5.74) is 1.36. The summed E-state index contributed by atoms with van der Waals surface area (Å²) in [6, 6.07) is 7.12. The van der Waals surface area contributed by atoms with Crippen molar-refractivity contribution in [2.75, 3.05) is 26.7 Å². The average Bonchev–Trinajstić information content (AvgIpc) is 3.12. The molecular formula is C17H25BrN2O. The van der Waals surface area contributed by atoms with Gasteiger partial charge in [-0.1, -0.05) is 6.07 Å². The number of nitrogens with zero attached hydrogens (tertiary/aromatic N) is 1. The first-order valence-electron chi connectivity index (χ1n) is 8.03. The third-order valence-corrected chi connectivity index (χ3v) is 5.10. The molecule has 4 heteroatoms. The summed E-state index contributed by atoms with van der Waals surface area (Å²) in [6.07, 6.45) is 5.49. The fraction of sp³-hybridized carbons (Fsp3) is 0.647. The Hall–Kier alpha value is -0.580. The third-order valence-electron chi connectivity index (χ3n) is 4.48. The minimum atomic E-state index is 0.686. The fourth-order valence-electron chi connectivity index (χ4n) is 3.16. The molecule has 1 unspecified atom stereocenters. The van der Waals surface area contributed by atoms with Gasteiger partial charge in [-0.3, -0.25) is 4.90 Å². The molecule has 1 atom stereocenters. The van der Waals surface area contributed by atoms with Gasteiger partial charge < -0.3 is 10.1 Å². The highest BCUT2D eigenvalue weighted by atomic mass is 79.9. The summed E-state index contributed by atoms with van der Waals surface area (Å²) in [5.74, 6) is 1.85. The molecule has 2 aliphatic rings. The van der Waals surface area contributed by atoms with Crippen LogP contribution in [0.1, 0.15) is 31.2 Å². The van der Waals surface area contributed by atoms with E-state index in [1.807, 2.05) is 0 Å². The maximum absolute atomic E-state index is 5.32. The first-order chi connectivity index (χ1) is 10.2. The van der Waals surface area contributed by atoms with E-state index in [1.54, 1.807) is 7.11 Å². The Morgan fingerprint density at radius 2 is 2.14 bits per heavy atom. The maximum Gasteiger partial charge on any atom is 0.133 e. The van der Waals surface area contributed by atoms with E-state index >= 15 is 0 Å². The number of hydrogen-bond acceptors (Lipinski definition) is 3. The molecule has 3 rings (SSSR count). The lowest BCUT2D eigenvalue weighted by Gasteiger charge is -2.26. The number of halogens is 1. The van der Waals surface area contributed by atoms with Gasteiger partial charge in [0.25, 0.3) is 0 Å². The van der Waals surface area contributed by atoms with Crippen LogP contribution in [-0.4, -0.2) is 37.7 Å². The monoisotopic (exact) mass is 352 g/mol. The SMILES string of the molecule is COc1ccc(CN(CC2CC2)CC2CCCN2)cc1Br. The minimum absolute atomic E-state index is 0.686. The van der Waals surface area contributed by atoms with Gasteiger partial charge in [-0.05, 0) is 71.8 Å². The highest BCUT2D eigenvalue weighted by Gasteiger charge is 2.26. The van der Waals surface area contributed by atoms with E-state index in [9.17, 15) is 0 Å². The molecule has 1 N–H and O–H groups in total. The molecule has 1 heterocycles. The summed E-state index contributed by atoms with van der Waals surface area (Å²) in [4.78, 5) is 2.63. The van der Waals surface area contributed by atoms with Crippen LogP contribution in [0.15, 0.2) is 22.7 Å². The quantitative estimate of drug-likeness (QED) is 0.813. The molecule has 0 aromatic heterocycles. The van der Waals surface area contributed by atoms with Crippen molar-refractivity contribution in [3.63, 3.8) is 0 Å². The Morgan fingerprint density at radius 1 is 1.29 bits per heavy atom. The molecule has 1 aliphatic heterocycles. The van der Waals surface area contributed by atoms with Gasteiger partial charge in [0, 0.05) is 25.7 Å². The Morgan fingerprint density at radius 3 is 2.76 bits per heavy atom. The predicted octanol–water partition coefficient (Wildman–Crippen LogP) is 3.42. The zero-order valence-corrected chi connectivity index (χ0v) is 14.4. The van der Waals surface area contributed by atoms with E-state index in [-0.39, 0.29) is 0 Å². The van der Waals surface area contributed by atoms with Gasteiger partial charge in [0.05, 0.1) is 11.6 Å². The van der Waals surface area contributed by atoms with E-state index in [4.69, 9.17) is 4.74 Å². The summed E-state index contributed by atoms with van der Waals surface area (Å²) in [5, 5.41) is 3.63. The zero-order chi connectivity index (χ0) is 14.7.